The SMILES string of the molecule is Cc1cc(NC(=O)C2CCC(Oc3ccc(F)cn3)CC2)ccc1CN1CCN(C(=O)O)CC1. The molecule has 0 spiro atoms. The maximum absolute atomic E-state index is 13.0. The van der Waals surface area contributed by atoms with Crippen LogP contribution in [0.3, 0.4) is 0 Å². The van der Waals surface area contributed by atoms with Crippen LogP contribution in [-0.2, 0) is 11.3 Å². The Labute approximate surface area is 198 Å². The Morgan fingerprint density at radius 2 is 1.85 bits per heavy atom. The van der Waals surface area contributed by atoms with E-state index >= 15 is 0 Å². The van der Waals surface area contributed by atoms with E-state index in [2.05, 4.69) is 15.2 Å². The molecule has 2 fully saturated rings. The van der Waals surface area contributed by atoms with Gasteiger partial charge in [0.25, 0.3) is 0 Å². The minimum absolute atomic E-state index is 0.0131. The number of benzene rings is 1. The molecule has 2 N–H and O–H groups in total. The fourth-order valence-corrected chi connectivity index (χ4v) is 4.58. The van der Waals surface area contributed by atoms with Crippen molar-refractivity contribution >= 4 is 17.7 Å². The lowest BCUT2D eigenvalue weighted by Crippen LogP contribution is -2.47. The summed E-state index contributed by atoms with van der Waals surface area (Å²) in [5.41, 5.74) is 3.06. The summed E-state index contributed by atoms with van der Waals surface area (Å²) >= 11 is 0. The fourth-order valence-electron chi connectivity index (χ4n) is 4.58. The topological polar surface area (TPSA) is 95.0 Å². The van der Waals surface area contributed by atoms with Crippen LogP contribution in [0.5, 0.6) is 5.88 Å². The summed E-state index contributed by atoms with van der Waals surface area (Å²) < 4.78 is 18.8. The molecule has 2 amide bonds. The third-order valence-corrected chi connectivity index (χ3v) is 6.68. The van der Waals surface area contributed by atoms with E-state index in [0.29, 0.717) is 32.1 Å². The van der Waals surface area contributed by atoms with Gasteiger partial charge < -0.3 is 20.1 Å². The van der Waals surface area contributed by atoms with Crippen molar-refractivity contribution in [3.8, 4) is 5.88 Å². The van der Waals surface area contributed by atoms with E-state index in [1.165, 1.54) is 22.6 Å². The lowest BCUT2D eigenvalue weighted by Gasteiger charge is -2.33. The normalized spacial score (nSPS) is 21.2. The Balaban J connectivity index is 1.24. The van der Waals surface area contributed by atoms with Crippen LogP contribution in [0, 0.1) is 18.7 Å². The van der Waals surface area contributed by atoms with Crippen molar-refractivity contribution in [2.45, 2.75) is 45.3 Å². The molecule has 4 rings (SSSR count). The number of pyridine rings is 1. The molecule has 1 saturated carbocycles. The van der Waals surface area contributed by atoms with Gasteiger partial charge in [0.05, 0.1) is 6.20 Å². The molecule has 1 saturated heterocycles. The Bertz CT molecular complexity index is 1000. The van der Waals surface area contributed by atoms with Crippen LogP contribution in [0.4, 0.5) is 14.9 Å². The first-order chi connectivity index (χ1) is 16.4. The monoisotopic (exact) mass is 470 g/mol. The number of aryl methyl sites for hydroxylation is 1. The van der Waals surface area contributed by atoms with Gasteiger partial charge in [-0.2, -0.15) is 0 Å². The van der Waals surface area contributed by atoms with Crippen LogP contribution < -0.4 is 10.1 Å². The van der Waals surface area contributed by atoms with Gasteiger partial charge in [0.1, 0.15) is 11.9 Å². The van der Waals surface area contributed by atoms with Crippen LogP contribution in [0.1, 0.15) is 36.8 Å². The number of hydrogen-bond donors (Lipinski definition) is 2. The third kappa shape index (κ3) is 6.22. The molecule has 8 nitrogen and oxygen atoms in total. The van der Waals surface area contributed by atoms with Crippen molar-refractivity contribution in [1.29, 1.82) is 0 Å². The van der Waals surface area contributed by atoms with Crippen molar-refractivity contribution in [1.82, 2.24) is 14.8 Å². The standard InChI is InChI=1S/C25H31FN4O4/c1-17-14-21(6-2-19(17)16-29-10-12-30(13-11-29)25(32)33)28-24(31)18-3-7-22(8-4-18)34-23-9-5-20(26)15-27-23/h2,5-6,9,14-15,18,22H,3-4,7-8,10-13,16H2,1H3,(H,28,31)(H,32,33). The number of carbonyl (C=O) groups is 2. The Kier molecular flexibility index (Phi) is 7.62. The number of rotatable bonds is 6. The molecule has 0 atom stereocenters. The van der Waals surface area contributed by atoms with Crippen molar-refractivity contribution < 1.29 is 23.8 Å². The van der Waals surface area contributed by atoms with Crippen molar-refractivity contribution in [2.75, 3.05) is 31.5 Å². The molecule has 1 aromatic heterocycles. The number of hydrogen-bond acceptors (Lipinski definition) is 5. The lowest BCUT2D eigenvalue weighted by atomic mass is 9.86. The molecule has 182 valence electrons. The number of carboxylic acid groups (broad SMARTS) is 1. The number of carbonyl (C=O) groups excluding carboxylic acids is 1. The van der Waals surface area contributed by atoms with E-state index in [-0.39, 0.29) is 17.9 Å². The van der Waals surface area contributed by atoms with Gasteiger partial charge in [-0.05, 0) is 61.9 Å². The molecule has 2 heterocycles. The molecule has 1 aromatic carbocycles. The number of amides is 2. The van der Waals surface area contributed by atoms with Crippen LogP contribution in [0.2, 0.25) is 0 Å². The Hall–Kier alpha value is -3.20. The maximum atomic E-state index is 13.0. The summed E-state index contributed by atoms with van der Waals surface area (Å²) in [6.07, 6.45) is 3.24. The van der Waals surface area contributed by atoms with Gasteiger partial charge in [-0.25, -0.2) is 14.2 Å². The molecule has 0 bridgehead atoms. The average Bonchev–Trinajstić information content (AvgIpc) is 2.83. The lowest BCUT2D eigenvalue weighted by molar-refractivity contribution is -0.121. The van der Waals surface area contributed by atoms with Crippen molar-refractivity contribution in [3.63, 3.8) is 0 Å². The quantitative estimate of drug-likeness (QED) is 0.665. The second kappa shape index (κ2) is 10.8. The maximum Gasteiger partial charge on any atom is 0.407 e. The average molecular weight is 471 g/mol. The van der Waals surface area contributed by atoms with E-state index in [4.69, 9.17) is 9.84 Å². The first-order valence-corrected chi connectivity index (χ1v) is 11.8. The van der Waals surface area contributed by atoms with Crippen LogP contribution >= 0.6 is 0 Å². The number of halogens is 1. The van der Waals surface area contributed by atoms with E-state index in [1.54, 1.807) is 0 Å². The zero-order valence-corrected chi connectivity index (χ0v) is 19.4. The fraction of sp³-hybridized carbons (Fsp3) is 0.480. The zero-order chi connectivity index (χ0) is 24.1. The Morgan fingerprint density at radius 3 is 2.47 bits per heavy atom. The second-order valence-electron chi connectivity index (χ2n) is 9.08. The molecule has 9 heteroatoms. The summed E-state index contributed by atoms with van der Waals surface area (Å²) in [6, 6.07) is 8.82. The molecular formula is C25H31FN4O4. The minimum atomic E-state index is -0.859. The highest BCUT2D eigenvalue weighted by Gasteiger charge is 2.28. The zero-order valence-electron chi connectivity index (χ0n) is 19.4. The largest absolute Gasteiger partial charge is 0.474 e. The molecule has 1 aliphatic carbocycles. The van der Waals surface area contributed by atoms with E-state index < -0.39 is 11.9 Å². The third-order valence-electron chi connectivity index (χ3n) is 6.68. The van der Waals surface area contributed by atoms with Crippen LogP contribution in [-0.4, -0.2) is 64.2 Å². The first-order valence-electron chi connectivity index (χ1n) is 11.8. The number of nitrogens with zero attached hydrogens (tertiary/aromatic N) is 3. The molecule has 34 heavy (non-hydrogen) atoms. The number of ether oxygens (including phenoxy) is 1. The number of piperazine rings is 1. The van der Waals surface area contributed by atoms with Crippen molar-refractivity contribution in [2.24, 2.45) is 5.92 Å². The number of aromatic nitrogens is 1. The molecular weight excluding hydrogens is 439 g/mol. The first kappa shape index (κ1) is 23.9. The van der Waals surface area contributed by atoms with Gasteiger partial charge in [-0.15, -0.1) is 0 Å². The summed E-state index contributed by atoms with van der Waals surface area (Å²) in [5, 5.41) is 12.1. The minimum Gasteiger partial charge on any atom is -0.474 e. The highest BCUT2D eigenvalue weighted by Crippen LogP contribution is 2.28. The van der Waals surface area contributed by atoms with Crippen molar-refractivity contribution in [3.05, 3.63) is 53.5 Å². The Morgan fingerprint density at radius 1 is 1.12 bits per heavy atom. The van der Waals surface area contributed by atoms with Gasteiger partial charge in [-0.1, -0.05) is 6.07 Å². The van der Waals surface area contributed by atoms with Crippen LogP contribution in [0.25, 0.3) is 0 Å². The van der Waals surface area contributed by atoms with E-state index in [9.17, 15) is 14.0 Å². The molecule has 2 aliphatic rings. The summed E-state index contributed by atoms with van der Waals surface area (Å²) in [6.45, 7) is 5.28. The molecule has 2 aromatic rings. The molecule has 0 unspecified atom stereocenters. The summed E-state index contributed by atoms with van der Waals surface area (Å²) in [7, 11) is 0. The predicted molar refractivity (Wildman–Crippen MR) is 125 cm³/mol. The van der Waals surface area contributed by atoms with E-state index in [1.807, 2.05) is 25.1 Å². The smallest absolute Gasteiger partial charge is 0.407 e. The predicted octanol–water partition coefficient (Wildman–Crippen LogP) is 3.90. The highest BCUT2D eigenvalue weighted by molar-refractivity contribution is 5.92. The number of anilines is 1. The molecule has 0 radical (unpaired) electrons. The van der Waals surface area contributed by atoms with E-state index in [0.717, 1.165) is 49.7 Å². The van der Waals surface area contributed by atoms with Gasteiger partial charge in [-0.3, -0.25) is 9.69 Å². The number of nitrogens with one attached hydrogen (secondary N) is 1. The highest BCUT2D eigenvalue weighted by atomic mass is 19.1. The van der Waals surface area contributed by atoms with Crippen LogP contribution in [0.15, 0.2) is 36.5 Å². The molecule has 1 aliphatic heterocycles. The second-order valence-corrected chi connectivity index (χ2v) is 9.08. The van der Waals surface area contributed by atoms with Gasteiger partial charge in [0, 0.05) is 50.4 Å². The van der Waals surface area contributed by atoms with Gasteiger partial charge >= 0.3 is 6.09 Å². The van der Waals surface area contributed by atoms with Gasteiger partial charge in [0.15, 0.2) is 0 Å². The summed E-state index contributed by atoms with van der Waals surface area (Å²) in [5.74, 6) is -0.0231. The summed E-state index contributed by atoms with van der Waals surface area (Å²) in [4.78, 5) is 31.5. The van der Waals surface area contributed by atoms with Gasteiger partial charge in [0.2, 0.25) is 11.8 Å².